The van der Waals surface area contributed by atoms with E-state index >= 15 is 0 Å². The van der Waals surface area contributed by atoms with E-state index in [1.807, 2.05) is 68.3 Å². The molecule has 0 bridgehead atoms. The molecule has 0 aliphatic carbocycles. The first kappa shape index (κ1) is 38.3. The summed E-state index contributed by atoms with van der Waals surface area (Å²) in [6, 6.07) is 7.54. The third kappa shape index (κ3) is 12.9. The zero-order valence-corrected chi connectivity index (χ0v) is 27.1. The molecular weight excluding hydrogens is 588 g/mol. The van der Waals surface area contributed by atoms with Crippen LogP contribution < -0.4 is 0 Å². The van der Waals surface area contributed by atoms with Gasteiger partial charge in [0.25, 0.3) is 0 Å². The fraction of sp³-hybridized carbons (Fsp3) is 0.469. The molecule has 0 saturated carbocycles. The molecule has 0 radical (unpaired) electrons. The average Bonchev–Trinajstić information content (AvgIpc) is 3.04. The van der Waals surface area contributed by atoms with E-state index in [1.165, 1.54) is 0 Å². The number of hydrogen-bond acceptors (Lipinski definition) is 12. The molecule has 0 N–H and O–H groups in total. The lowest BCUT2D eigenvalue weighted by molar-refractivity contribution is -0.166. The van der Waals surface area contributed by atoms with E-state index in [-0.39, 0.29) is 18.8 Å². The van der Waals surface area contributed by atoms with Crippen LogP contribution in [0.1, 0.15) is 30.6 Å². The highest BCUT2D eigenvalue weighted by molar-refractivity contribution is 7.98. The van der Waals surface area contributed by atoms with Gasteiger partial charge in [-0.05, 0) is 46.3 Å². The number of rotatable bonds is 21. The van der Waals surface area contributed by atoms with E-state index in [4.69, 9.17) is 18.9 Å². The van der Waals surface area contributed by atoms with Crippen molar-refractivity contribution in [3.05, 3.63) is 67.8 Å². The molecule has 0 aliphatic rings. The Morgan fingerprint density at radius 1 is 0.750 bits per heavy atom. The fourth-order valence-electron chi connectivity index (χ4n) is 3.67. The number of Topliss-reactive ketones (excluding diaryl/α,β-unsaturated/α-hetero) is 1. The van der Waals surface area contributed by atoms with Crippen LogP contribution in [0, 0.1) is 5.41 Å². The van der Waals surface area contributed by atoms with Crippen molar-refractivity contribution in [2.24, 2.45) is 5.41 Å². The predicted molar refractivity (Wildman–Crippen MR) is 168 cm³/mol. The predicted octanol–water partition coefficient (Wildman–Crippen LogP) is 3.34. The molecule has 0 fully saturated rings. The fourth-order valence-corrected chi connectivity index (χ4v) is 4.08. The lowest BCUT2D eigenvalue weighted by Gasteiger charge is -2.35. The summed E-state index contributed by atoms with van der Waals surface area (Å²) in [6.07, 6.45) is 4.82. The molecule has 44 heavy (non-hydrogen) atoms. The molecule has 0 spiro atoms. The van der Waals surface area contributed by atoms with Crippen molar-refractivity contribution < 1.29 is 42.9 Å². The zero-order valence-electron chi connectivity index (χ0n) is 26.3. The van der Waals surface area contributed by atoms with Gasteiger partial charge in [0.15, 0.2) is 5.78 Å². The van der Waals surface area contributed by atoms with Crippen molar-refractivity contribution in [1.82, 2.24) is 9.80 Å². The Morgan fingerprint density at radius 2 is 1.20 bits per heavy atom. The van der Waals surface area contributed by atoms with E-state index in [9.17, 15) is 24.0 Å². The summed E-state index contributed by atoms with van der Waals surface area (Å²) in [5.41, 5.74) is -1.50. The molecule has 0 aromatic heterocycles. The number of hydrogen-bond donors (Lipinski definition) is 0. The third-order valence-corrected chi connectivity index (χ3v) is 7.72. The minimum Gasteiger partial charge on any atom is -0.465 e. The Balaban J connectivity index is 2.77. The number of carbonyl (C=O) groups excluding carboxylic acids is 5. The smallest absolute Gasteiger partial charge is 0.330 e. The summed E-state index contributed by atoms with van der Waals surface area (Å²) >= 11 is 1.61. The van der Waals surface area contributed by atoms with Gasteiger partial charge in [0, 0.05) is 48.3 Å². The lowest BCUT2D eigenvalue weighted by Crippen LogP contribution is -2.50. The second kappa shape index (κ2) is 18.8. The van der Waals surface area contributed by atoms with E-state index in [1.54, 1.807) is 11.8 Å². The Hall–Kier alpha value is -3.74. The van der Waals surface area contributed by atoms with Crippen molar-refractivity contribution in [2.45, 2.75) is 30.7 Å². The van der Waals surface area contributed by atoms with Crippen molar-refractivity contribution in [2.75, 3.05) is 66.4 Å². The maximum absolute atomic E-state index is 13.2. The number of likely N-dealkylation sites (N-methyl/N-ethyl adjacent to an activating group) is 2. The normalized spacial score (nSPS) is 11.4. The first-order chi connectivity index (χ1) is 20.7. The number of thioether (sulfide) groups is 1. The molecular formula is C32H44N2O9S. The van der Waals surface area contributed by atoms with Crippen molar-refractivity contribution >= 4 is 41.4 Å². The molecule has 0 heterocycles. The highest BCUT2D eigenvalue weighted by Gasteiger charge is 2.38. The van der Waals surface area contributed by atoms with Gasteiger partial charge in [-0.1, -0.05) is 31.9 Å². The van der Waals surface area contributed by atoms with Crippen LogP contribution in [-0.2, 0) is 38.1 Å². The highest BCUT2D eigenvalue weighted by Crippen LogP contribution is 2.23. The maximum atomic E-state index is 13.2. The second-order valence-corrected chi connectivity index (χ2v) is 11.6. The second-order valence-electron chi connectivity index (χ2n) is 10.7. The largest absolute Gasteiger partial charge is 0.465 e. The summed E-state index contributed by atoms with van der Waals surface area (Å²) in [7, 11) is 3.73. The molecule has 1 aromatic carbocycles. The minimum absolute atomic E-state index is 0.0127. The minimum atomic E-state index is -1.39. The quantitative estimate of drug-likeness (QED) is 0.0648. The van der Waals surface area contributed by atoms with Crippen LogP contribution in [0.4, 0.5) is 0 Å². The molecule has 12 heteroatoms. The number of ketones is 1. The van der Waals surface area contributed by atoms with Gasteiger partial charge in [0.05, 0.1) is 12.0 Å². The monoisotopic (exact) mass is 632 g/mol. The topological polar surface area (TPSA) is 129 Å². The average molecular weight is 633 g/mol. The van der Waals surface area contributed by atoms with Crippen molar-refractivity contribution in [3.63, 3.8) is 0 Å². The van der Waals surface area contributed by atoms with Gasteiger partial charge in [-0.2, -0.15) is 0 Å². The molecule has 0 amide bonds. The third-order valence-electron chi connectivity index (χ3n) is 6.98. The molecule has 0 aliphatic heterocycles. The Labute approximate surface area is 264 Å². The van der Waals surface area contributed by atoms with Gasteiger partial charge in [0.2, 0.25) is 0 Å². The Morgan fingerprint density at radius 3 is 1.64 bits per heavy atom. The van der Waals surface area contributed by atoms with E-state index < -0.39 is 54.7 Å². The van der Waals surface area contributed by atoms with E-state index in [0.29, 0.717) is 25.2 Å². The van der Waals surface area contributed by atoms with Crippen LogP contribution in [0.15, 0.2) is 67.1 Å². The van der Waals surface area contributed by atoms with Crippen LogP contribution in [0.5, 0.6) is 0 Å². The van der Waals surface area contributed by atoms with Gasteiger partial charge in [-0.15, -0.1) is 11.8 Å². The molecule has 11 nitrogen and oxygen atoms in total. The van der Waals surface area contributed by atoms with Crippen molar-refractivity contribution in [1.29, 1.82) is 0 Å². The maximum Gasteiger partial charge on any atom is 0.330 e. The first-order valence-electron chi connectivity index (χ1n) is 13.9. The molecule has 242 valence electrons. The van der Waals surface area contributed by atoms with Gasteiger partial charge in [0.1, 0.15) is 31.8 Å². The number of benzene rings is 1. The molecule has 0 atom stereocenters. The summed E-state index contributed by atoms with van der Waals surface area (Å²) in [5.74, 6) is -2.86. The summed E-state index contributed by atoms with van der Waals surface area (Å²) in [5, 5.41) is 0. The van der Waals surface area contributed by atoms with Gasteiger partial charge in [-0.25, -0.2) is 14.4 Å². The number of esters is 4. The zero-order chi connectivity index (χ0) is 33.3. The molecule has 0 saturated heterocycles. The van der Waals surface area contributed by atoms with Crippen LogP contribution in [0.2, 0.25) is 0 Å². The number of carbonyl (C=O) groups is 5. The van der Waals surface area contributed by atoms with Crippen LogP contribution >= 0.6 is 11.8 Å². The number of nitrogens with zero attached hydrogens (tertiary/aromatic N) is 2. The van der Waals surface area contributed by atoms with Gasteiger partial charge < -0.3 is 23.8 Å². The summed E-state index contributed by atoms with van der Waals surface area (Å²) in [6.45, 7) is 13.7. The van der Waals surface area contributed by atoms with E-state index in [0.717, 1.165) is 23.1 Å². The Kier molecular flexibility index (Phi) is 16.4. The first-order valence-corrected chi connectivity index (χ1v) is 15.1. The van der Waals surface area contributed by atoms with E-state index in [2.05, 4.69) is 19.7 Å². The lowest BCUT2D eigenvalue weighted by atomic mass is 9.91. The van der Waals surface area contributed by atoms with Crippen LogP contribution in [-0.4, -0.2) is 111 Å². The summed E-state index contributed by atoms with van der Waals surface area (Å²) in [4.78, 5) is 66.1. The van der Waals surface area contributed by atoms with Gasteiger partial charge >= 0.3 is 23.9 Å². The Bertz CT molecular complexity index is 1120. The standard InChI is InChI=1S/C32H44N2O9S/c1-9-26(35)40-20-32(21-41-27(36)10-2,22-42-28(37)11-3)23-43-29(38)16-17-33(6)18-19-34(7)31(4,5)30(39)24-12-14-25(44-8)15-13-24/h9-15H,1-3,16-23H2,4-8H3. The van der Waals surface area contributed by atoms with Gasteiger partial charge in [-0.3, -0.25) is 14.5 Å². The SMILES string of the molecule is C=CC(=O)OCC(COC(=O)C=C)(COC(=O)C=C)COC(=O)CCN(C)CCN(C)C(C)(C)C(=O)c1ccc(SC)cc1. The summed E-state index contributed by atoms with van der Waals surface area (Å²) < 4.78 is 20.9. The molecule has 0 unspecified atom stereocenters. The number of ether oxygens (including phenoxy) is 4. The molecule has 1 rings (SSSR count). The van der Waals surface area contributed by atoms with Crippen molar-refractivity contribution in [3.8, 4) is 0 Å². The van der Waals surface area contributed by atoms with Crippen LogP contribution in [0.3, 0.4) is 0 Å². The van der Waals surface area contributed by atoms with Crippen LogP contribution in [0.25, 0.3) is 0 Å². The molecule has 1 aromatic rings. The highest BCUT2D eigenvalue weighted by atomic mass is 32.2.